The van der Waals surface area contributed by atoms with Crippen LogP contribution >= 0.6 is 15.9 Å². The minimum Gasteiger partial charge on any atom is -0.508 e. The van der Waals surface area contributed by atoms with Gasteiger partial charge in [-0.3, -0.25) is 0 Å². The predicted molar refractivity (Wildman–Crippen MR) is 75.7 cm³/mol. The number of hydrogen-bond donors (Lipinski definition) is 1. The number of phenols is 1. The van der Waals surface area contributed by atoms with Gasteiger partial charge in [0.1, 0.15) is 5.75 Å². The average molecular weight is 307 g/mol. The number of aromatic hydroxyl groups is 1. The highest BCUT2D eigenvalue weighted by molar-refractivity contribution is 9.10. The maximum Gasteiger partial charge on any atom is 0.116 e. The molecule has 0 unspecified atom stereocenters. The lowest BCUT2D eigenvalue weighted by molar-refractivity contribution is -0.00553. The largest absolute Gasteiger partial charge is 0.508 e. The maximum atomic E-state index is 9.59. The molecule has 0 amide bonds. The molecule has 0 atom stereocenters. The zero-order chi connectivity index (χ0) is 12.3. The maximum absolute atomic E-state index is 9.59. The van der Waals surface area contributed by atoms with Crippen molar-refractivity contribution in [2.24, 2.45) is 17.8 Å². The van der Waals surface area contributed by atoms with E-state index < -0.39 is 0 Å². The number of hydrogen-bond acceptors (Lipinski definition) is 1. The van der Waals surface area contributed by atoms with Crippen LogP contribution in [0.15, 0.2) is 22.7 Å². The third-order valence-electron chi connectivity index (χ3n) is 5.56. The van der Waals surface area contributed by atoms with Crippen LogP contribution in [0.4, 0.5) is 0 Å². The summed E-state index contributed by atoms with van der Waals surface area (Å²) >= 11 is 3.68. The van der Waals surface area contributed by atoms with Crippen LogP contribution in [0, 0.1) is 17.8 Å². The summed E-state index contributed by atoms with van der Waals surface area (Å²) in [5, 5.41) is 9.59. The summed E-state index contributed by atoms with van der Waals surface area (Å²) in [4.78, 5) is 0. The topological polar surface area (TPSA) is 20.2 Å². The summed E-state index contributed by atoms with van der Waals surface area (Å²) in [6.07, 6.45) is 8.58. The molecular weight excluding hydrogens is 288 g/mol. The van der Waals surface area contributed by atoms with Crippen molar-refractivity contribution < 1.29 is 5.11 Å². The van der Waals surface area contributed by atoms with Crippen LogP contribution in [0.5, 0.6) is 5.75 Å². The van der Waals surface area contributed by atoms with E-state index in [2.05, 4.69) is 22.0 Å². The van der Waals surface area contributed by atoms with Gasteiger partial charge in [0.05, 0.1) is 0 Å². The van der Waals surface area contributed by atoms with Crippen molar-refractivity contribution in [3.05, 3.63) is 28.2 Å². The van der Waals surface area contributed by atoms with Crippen LogP contribution in [-0.2, 0) is 5.41 Å². The van der Waals surface area contributed by atoms with Crippen molar-refractivity contribution in [3.63, 3.8) is 0 Å². The van der Waals surface area contributed by atoms with Crippen molar-refractivity contribution in [3.8, 4) is 5.75 Å². The van der Waals surface area contributed by atoms with E-state index in [1.807, 2.05) is 12.1 Å². The van der Waals surface area contributed by atoms with Crippen LogP contribution in [0.1, 0.15) is 44.1 Å². The summed E-state index contributed by atoms with van der Waals surface area (Å²) in [5.41, 5.74) is 1.88. The van der Waals surface area contributed by atoms with E-state index in [1.54, 1.807) is 0 Å². The van der Waals surface area contributed by atoms with Crippen molar-refractivity contribution in [2.75, 3.05) is 0 Å². The lowest BCUT2D eigenvalue weighted by Crippen LogP contribution is -2.48. The van der Waals surface area contributed by atoms with Crippen LogP contribution in [0.3, 0.4) is 0 Å². The molecule has 96 valence electrons. The Kier molecular flexibility index (Phi) is 2.36. The summed E-state index contributed by atoms with van der Waals surface area (Å²) in [5.74, 6) is 3.28. The van der Waals surface area contributed by atoms with Gasteiger partial charge in [0.25, 0.3) is 0 Å². The second-order valence-corrected chi connectivity index (χ2v) is 7.72. The first-order valence-corrected chi connectivity index (χ1v) is 7.93. The fourth-order valence-corrected chi connectivity index (χ4v) is 6.16. The number of phenolic OH excluding ortho intramolecular Hbond substituents is 1. The van der Waals surface area contributed by atoms with Gasteiger partial charge < -0.3 is 5.11 Å². The molecule has 0 radical (unpaired) electrons. The highest BCUT2D eigenvalue weighted by Crippen LogP contribution is 2.61. The SMILES string of the molecule is Oc1ccc(C23CC4CC(CC(C4)C2)C3)c(Br)c1. The summed E-state index contributed by atoms with van der Waals surface area (Å²) in [6, 6.07) is 5.89. The van der Waals surface area contributed by atoms with Crippen molar-refractivity contribution in [1.82, 2.24) is 0 Å². The summed E-state index contributed by atoms with van der Waals surface area (Å²) in [6.45, 7) is 0. The summed E-state index contributed by atoms with van der Waals surface area (Å²) in [7, 11) is 0. The Balaban J connectivity index is 1.79. The molecule has 1 N–H and O–H groups in total. The van der Waals surface area contributed by atoms with E-state index >= 15 is 0 Å². The molecular formula is C16H19BrO. The fraction of sp³-hybridized carbons (Fsp3) is 0.625. The number of rotatable bonds is 1. The van der Waals surface area contributed by atoms with Crippen molar-refractivity contribution >= 4 is 15.9 Å². The quantitative estimate of drug-likeness (QED) is 0.802. The monoisotopic (exact) mass is 306 g/mol. The Morgan fingerprint density at radius 1 is 1.00 bits per heavy atom. The first kappa shape index (κ1) is 11.3. The zero-order valence-corrected chi connectivity index (χ0v) is 12.1. The Morgan fingerprint density at radius 2 is 1.56 bits per heavy atom. The van der Waals surface area contributed by atoms with Gasteiger partial charge in [0, 0.05) is 4.47 Å². The van der Waals surface area contributed by atoms with Gasteiger partial charge in [-0.15, -0.1) is 0 Å². The first-order valence-electron chi connectivity index (χ1n) is 7.14. The molecule has 1 aromatic carbocycles. The lowest BCUT2D eigenvalue weighted by atomic mass is 9.48. The normalized spacial score (nSPS) is 41.3. The minimum absolute atomic E-state index is 0.371. The molecule has 1 nitrogen and oxygen atoms in total. The van der Waals surface area contributed by atoms with E-state index in [4.69, 9.17) is 0 Å². The van der Waals surface area contributed by atoms with E-state index in [0.29, 0.717) is 11.2 Å². The zero-order valence-electron chi connectivity index (χ0n) is 10.5. The van der Waals surface area contributed by atoms with Gasteiger partial charge in [0.2, 0.25) is 0 Å². The van der Waals surface area contributed by atoms with Gasteiger partial charge in [-0.25, -0.2) is 0 Å². The Labute approximate surface area is 117 Å². The number of benzene rings is 1. The van der Waals surface area contributed by atoms with Crippen molar-refractivity contribution in [2.45, 2.75) is 43.9 Å². The smallest absolute Gasteiger partial charge is 0.116 e. The molecule has 1 aromatic rings. The van der Waals surface area contributed by atoms with E-state index in [9.17, 15) is 5.11 Å². The van der Waals surface area contributed by atoms with Crippen LogP contribution in [0.2, 0.25) is 0 Å². The van der Waals surface area contributed by atoms with Crippen molar-refractivity contribution in [1.29, 1.82) is 0 Å². The average Bonchev–Trinajstić information content (AvgIpc) is 2.26. The van der Waals surface area contributed by atoms with Crippen LogP contribution in [0.25, 0.3) is 0 Å². The number of halogens is 1. The molecule has 0 aliphatic heterocycles. The molecule has 4 bridgehead atoms. The Morgan fingerprint density at radius 3 is 2.06 bits per heavy atom. The lowest BCUT2D eigenvalue weighted by Gasteiger charge is -2.57. The third-order valence-corrected chi connectivity index (χ3v) is 6.22. The molecule has 0 saturated heterocycles. The first-order chi connectivity index (χ1) is 8.64. The predicted octanol–water partition coefficient (Wildman–Crippen LogP) is 4.62. The third kappa shape index (κ3) is 1.57. The molecule has 0 heterocycles. The molecule has 5 rings (SSSR count). The Hall–Kier alpha value is -0.500. The van der Waals surface area contributed by atoms with E-state index in [1.165, 1.54) is 44.1 Å². The van der Waals surface area contributed by atoms with Crippen LogP contribution < -0.4 is 0 Å². The second-order valence-electron chi connectivity index (χ2n) is 6.86. The van der Waals surface area contributed by atoms with Gasteiger partial charge in [-0.1, -0.05) is 22.0 Å². The van der Waals surface area contributed by atoms with Gasteiger partial charge in [-0.2, -0.15) is 0 Å². The summed E-state index contributed by atoms with van der Waals surface area (Å²) < 4.78 is 1.12. The van der Waals surface area contributed by atoms with E-state index in [-0.39, 0.29) is 0 Å². The molecule has 0 spiro atoms. The van der Waals surface area contributed by atoms with Crippen LogP contribution in [-0.4, -0.2) is 5.11 Å². The van der Waals surface area contributed by atoms with E-state index in [0.717, 1.165) is 22.2 Å². The molecule has 4 aliphatic rings. The fourth-order valence-electron chi connectivity index (χ4n) is 5.37. The standard InChI is InChI=1S/C16H19BrO/c17-15-6-13(18)1-2-14(15)16-7-10-3-11(8-16)5-12(4-10)9-16/h1-2,6,10-12,18H,3-5,7-9H2. The molecule has 0 aromatic heterocycles. The second kappa shape index (κ2) is 3.75. The minimum atomic E-state index is 0.371. The molecule has 2 heteroatoms. The van der Waals surface area contributed by atoms with Gasteiger partial charge >= 0.3 is 0 Å². The molecule has 4 fully saturated rings. The van der Waals surface area contributed by atoms with Gasteiger partial charge in [0.15, 0.2) is 0 Å². The molecule has 4 saturated carbocycles. The highest BCUT2D eigenvalue weighted by Gasteiger charge is 2.52. The highest BCUT2D eigenvalue weighted by atomic mass is 79.9. The molecule has 4 aliphatic carbocycles. The Bertz CT molecular complexity index is 459. The van der Waals surface area contributed by atoms with Gasteiger partial charge in [-0.05, 0) is 79.4 Å². The molecule has 18 heavy (non-hydrogen) atoms.